The van der Waals surface area contributed by atoms with Crippen molar-refractivity contribution in [3.8, 4) is 6.07 Å². The SMILES string of the molecule is N#CC1=CC(c2cc(NC3CCN(O)CC3)c3c(c2)=CCNC=3)CC=C1. The summed E-state index contributed by atoms with van der Waals surface area (Å²) in [6.45, 7) is 2.24. The Balaban J connectivity index is 1.68. The van der Waals surface area contributed by atoms with Crippen LogP contribution < -0.4 is 21.1 Å². The molecule has 1 fully saturated rings. The third kappa shape index (κ3) is 3.52. The van der Waals surface area contributed by atoms with E-state index in [-0.39, 0.29) is 5.92 Å². The average molecular weight is 348 g/mol. The summed E-state index contributed by atoms with van der Waals surface area (Å²) >= 11 is 0. The van der Waals surface area contributed by atoms with E-state index in [9.17, 15) is 10.5 Å². The second-order valence-electron chi connectivity index (χ2n) is 7.18. The Kier molecular flexibility index (Phi) is 4.79. The first kappa shape index (κ1) is 16.9. The van der Waals surface area contributed by atoms with Crippen LogP contribution in [-0.2, 0) is 0 Å². The second kappa shape index (κ2) is 7.36. The molecule has 5 nitrogen and oxygen atoms in total. The molecule has 0 amide bonds. The molecule has 2 aliphatic heterocycles. The first-order valence-corrected chi connectivity index (χ1v) is 9.29. The van der Waals surface area contributed by atoms with Crippen LogP contribution in [0.1, 0.15) is 30.7 Å². The third-order valence-corrected chi connectivity index (χ3v) is 5.38. The fraction of sp³-hybridized carbons (Fsp3) is 0.381. The van der Waals surface area contributed by atoms with Gasteiger partial charge in [-0.1, -0.05) is 24.3 Å². The zero-order valence-electron chi connectivity index (χ0n) is 14.8. The fourth-order valence-electron chi connectivity index (χ4n) is 3.91. The molecule has 134 valence electrons. The average Bonchev–Trinajstić information content (AvgIpc) is 2.69. The molecule has 0 radical (unpaired) electrons. The summed E-state index contributed by atoms with van der Waals surface area (Å²) in [7, 11) is 0. The van der Waals surface area contributed by atoms with Gasteiger partial charge in [0.2, 0.25) is 0 Å². The van der Waals surface area contributed by atoms with Crippen LogP contribution in [0.15, 0.2) is 35.9 Å². The van der Waals surface area contributed by atoms with Crippen molar-refractivity contribution in [1.82, 2.24) is 10.4 Å². The van der Waals surface area contributed by atoms with Crippen molar-refractivity contribution in [2.45, 2.75) is 31.2 Å². The maximum Gasteiger partial charge on any atom is 0.0988 e. The van der Waals surface area contributed by atoms with Gasteiger partial charge in [-0.2, -0.15) is 10.3 Å². The highest BCUT2D eigenvalue weighted by molar-refractivity contribution is 5.57. The monoisotopic (exact) mass is 348 g/mol. The van der Waals surface area contributed by atoms with E-state index in [1.54, 1.807) is 0 Å². The number of piperidine rings is 1. The lowest BCUT2D eigenvalue weighted by Crippen LogP contribution is -2.41. The molecule has 0 aromatic heterocycles. The zero-order valence-corrected chi connectivity index (χ0v) is 14.8. The number of hydroxylamine groups is 2. The van der Waals surface area contributed by atoms with E-state index in [0.717, 1.165) is 37.1 Å². The Morgan fingerprint density at radius 3 is 2.92 bits per heavy atom. The van der Waals surface area contributed by atoms with Gasteiger partial charge in [0.15, 0.2) is 0 Å². The van der Waals surface area contributed by atoms with E-state index in [4.69, 9.17) is 0 Å². The molecular formula is C21H24N4O. The van der Waals surface area contributed by atoms with Crippen molar-refractivity contribution in [3.63, 3.8) is 0 Å². The van der Waals surface area contributed by atoms with Gasteiger partial charge >= 0.3 is 0 Å². The lowest BCUT2D eigenvalue weighted by atomic mass is 9.88. The summed E-state index contributed by atoms with van der Waals surface area (Å²) < 4.78 is 0. The highest BCUT2D eigenvalue weighted by Crippen LogP contribution is 2.27. The number of benzene rings is 1. The van der Waals surface area contributed by atoms with Crippen LogP contribution in [0, 0.1) is 11.3 Å². The van der Waals surface area contributed by atoms with Crippen molar-refractivity contribution < 1.29 is 5.21 Å². The molecule has 0 bridgehead atoms. The summed E-state index contributed by atoms with van der Waals surface area (Å²) in [4.78, 5) is 0. The standard InChI is InChI=1S/C21H24N4O/c22-13-15-2-1-3-16(10-15)18-11-17-4-7-23-14-20(17)21(12-18)24-19-5-8-25(26)9-6-19/h1-2,4,10-12,14,16,19,23-24,26H,3,5-9H2. The number of nitrogens with one attached hydrogen (secondary N) is 2. The molecule has 26 heavy (non-hydrogen) atoms. The molecule has 1 saturated heterocycles. The van der Waals surface area contributed by atoms with Crippen LogP contribution in [0.3, 0.4) is 0 Å². The van der Waals surface area contributed by atoms with Crippen molar-refractivity contribution in [2.24, 2.45) is 0 Å². The second-order valence-corrected chi connectivity index (χ2v) is 7.18. The van der Waals surface area contributed by atoms with Crippen LogP contribution >= 0.6 is 0 Å². The van der Waals surface area contributed by atoms with Crippen LogP contribution in [0.4, 0.5) is 5.69 Å². The van der Waals surface area contributed by atoms with Crippen molar-refractivity contribution in [1.29, 1.82) is 5.26 Å². The first-order chi connectivity index (χ1) is 12.7. The largest absolute Gasteiger partial charge is 0.387 e. The predicted octanol–water partition coefficient (Wildman–Crippen LogP) is 1.57. The minimum atomic E-state index is 0.239. The lowest BCUT2D eigenvalue weighted by Gasteiger charge is -2.29. The van der Waals surface area contributed by atoms with Crippen LogP contribution in [0.2, 0.25) is 0 Å². The number of allylic oxidation sites excluding steroid dienone is 4. The van der Waals surface area contributed by atoms with Gasteiger partial charge < -0.3 is 15.8 Å². The van der Waals surface area contributed by atoms with E-state index in [1.165, 1.54) is 21.1 Å². The normalized spacial score (nSPS) is 22.9. The number of fused-ring (bicyclic) bond motifs is 1. The Morgan fingerprint density at radius 2 is 2.12 bits per heavy atom. The van der Waals surface area contributed by atoms with Crippen molar-refractivity contribution in [2.75, 3.05) is 25.0 Å². The molecule has 1 unspecified atom stereocenters. The van der Waals surface area contributed by atoms with E-state index in [1.807, 2.05) is 6.08 Å². The van der Waals surface area contributed by atoms with Gasteiger partial charge in [0.05, 0.1) is 6.07 Å². The van der Waals surface area contributed by atoms with Gasteiger partial charge in [-0.05, 0) is 42.2 Å². The number of nitrogens with zero attached hydrogens (tertiary/aromatic N) is 2. The molecular weight excluding hydrogens is 324 g/mol. The van der Waals surface area contributed by atoms with Crippen molar-refractivity contribution in [3.05, 3.63) is 51.9 Å². The molecule has 3 aliphatic rings. The summed E-state index contributed by atoms with van der Waals surface area (Å²) in [5.41, 5.74) is 3.12. The van der Waals surface area contributed by atoms with E-state index < -0.39 is 0 Å². The van der Waals surface area contributed by atoms with E-state index in [2.05, 4.69) is 53.3 Å². The van der Waals surface area contributed by atoms with Crippen LogP contribution in [-0.4, -0.2) is 35.9 Å². The fourth-order valence-corrected chi connectivity index (χ4v) is 3.91. The Bertz CT molecular complexity index is 901. The molecule has 1 aliphatic carbocycles. The van der Waals surface area contributed by atoms with Gasteiger partial charge in [0, 0.05) is 54.3 Å². The number of hydrogen-bond acceptors (Lipinski definition) is 5. The highest BCUT2D eigenvalue weighted by atomic mass is 16.5. The molecule has 5 heteroatoms. The first-order valence-electron chi connectivity index (χ1n) is 9.29. The van der Waals surface area contributed by atoms with E-state index in [0.29, 0.717) is 19.1 Å². The topological polar surface area (TPSA) is 71.3 Å². The maximum atomic E-state index is 9.59. The van der Waals surface area contributed by atoms with Gasteiger partial charge in [0.25, 0.3) is 0 Å². The summed E-state index contributed by atoms with van der Waals surface area (Å²) in [6, 6.07) is 7.11. The van der Waals surface area contributed by atoms with Gasteiger partial charge in [-0.15, -0.1) is 0 Å². The highest BCUT2D eigenvalue weighted by Gasteiger charge is 2.19. The van der Waals surface area contributed by atoms with Gasteiger partial charge in [-0.3, -0.25) is 0 Å². The quantitative estimate of drug-likeness (QED) is 0.773. The minimum absolute atomic E-state index is 0.239. The summed E-state index contributed by atoms with van der Waals surface area (Å²) in [5.74, 6) is 0.239. The Labute approximate surface area is 153 Å². The smallest absolute Gasteiger partial charge is 0.0988 e. The maximum absolute atomic E-state index is 9.59. The van der Waals surface area contributed by atoms with Crippen LogP contribution in [0.25, 0.3) is 12.3 Å². The Hall–Kier alpha value is -2.55. The van der Waals surface area contributed by atoms with Crippen LogP contribution in [0.5, 0.6) is 0 Å². The number of nitriles is 1. The molecule has 1 aromatic carbocycles. The molecule has 1 atom stereocenters. The zero-order chi connectivity index (χ0) is 17.9. The van der Waals surface area contributed by atoms with Gasteiger partial charge in [-0.25, -0.2) is 0 Å². The number of hydrogen-bond donors (Lipinski definition) is 3. The molecule has 0 saturated carbocycles. The molecule has 0 spiro atoms. The third-order valence-electron chi connectivity index (χ3n) is 5.38. The molecule has 3 N–H and O–H groups in total. The molecule has 1 aromatic rings. The number of rotatable bonds is 3. The predicted molar refractivity (Wildman–Crippen MR) is 103 cm³/mol. The minimum Gasteiger partial charge on any atom is -0.387 e. The van der Waals surface area contributed by atoms with E-state index >= 15 is 0 Å². The van der Waals surface area contributed by atoms with Crippen molar-refractivity contribution >= 4 is 18.0 Å². The molecule has 4 rings (SSSR count). The Morgan fingerprint density at radius 1 is 1.27 bits per heavy atom. The summed E-state index contributed by atoms with van der Waals surface area (Å²) in [6.07, 6.45) is 13.1. The molecule has 2 heterocycles. The summed E-state index contributed by atoms with van der Waals surface area (Å²) in [5, 5.41) is 29.6. The lowest BCUT2D eigenvalue weighted by molar-refractivity contribution is -0.105. The number of anilines is 1. The van der Waals surface area contributed by atoms with Gasteiger partial charge in [0.1, 0.15) is 0 Å².